The molecule has 1 unspecified atom stereocenters. The van der Waals surface area contributed by atoms with Gasteiger partial charge in [0, 0.05) is 23.8 Å². The molecular weight excluding hydrogens is 336 g/mol. The van der Waals surface area contributed by atoms with Crippen LogP contribution in [-0.2, 0) is 9.53 Å². The molecule has 130 valence electrons. The van der Waals surface area contributed by atoms with Crippen molar-refractivity contribution in [2.24, 2.45) is 0 Å². The maximum Gasteiger partial charge on any atom is 0.338 e. The molecule has 0 radical (unpaired) electrons. The predicted molar refractivity (Wildman–Crippen MR) is 99.1 cm³/mol. The van der Waals surface area contributed by atoms with Crippen LogP contribution in [0.4, 0.5) is 0 Å². The third-order valence-electron chi connectivity index (χ3n) is 3.86. The summed E-state index contributed by atoms with van der Waals surface area (Å²) in [7, 11) is 0. The van der Waals surface area contributed by atoms with Gasteiger partial charge in [-0.25, -0.2) is 9.78 Å². The third-order valence-corrected chi connectivity index (χ3v) is 4.08. The first-order valence-electron chi connectivity index (χ1n) is 8.03. The van der Waals surface area contributed by atoms with Crippen molar-refractivity contribution < 1.29 is 9.53 Å². The van der Waals surface area contributed by atoms with E-state index in [9.17, 15) is 4.79 Å². The topological polar surface area (TPSA) is 68.2 Å². The number of carbonyl (C=O) groups excluding carboxylic acids is 1. The van der Waals surface area contributed by atoms with Crippen molar-refractivity contribution in [1.82, 2.24) is 20.2 Å². The van der Waals surface area contributed by atoms with Gasteiger partial charge in [0.2, 0.25) is 0 Å². The van der Waals surface area contributed by atoms with Gasteiger partial charge < -0.3 is 19.9 Å². The number of imidazole rings is 1. The van der Waals surface area contributed by atoms with Gasteiger partial charge in [0.15, 0.2) is 5.11 Å². The van der Waals surface area contributed by atoms with Gasteiger partial charge in [-0.2, -0.15) is 0 Å². The summed E-state index contributed by atoms with van der Waals surface area (Å²) in [6, 6.07) is 7.54. The number of aromatic nitrogens is 2. The molecule has 2 N–H and O–H groups in total. The molecule has 0 saturated heterocycles. The van der Waals surface area contributed by atoms with E-state index >= 15 is 0 Å². The molecule has 1 aliphatic heterocycles. The second-order valence-corrected chi connectivity index (χ2v) is 6.49. The molecule has 3 rings (SSSR count). The highest BCUT2D eigenvalue weighted by atomic mass is 32.1. The summed E-state index contributed by atoms with van der Waals surface area (Å²) in [5.41, 5.74) is 3.17. The Labute approximate surface area is 151 Å². The van der Waals surface area contributed by atoms with Crippen LogP contribution in [-0.4, -0.2) is 26.7 Å². The smallest absolute Gasteiger partial charge is 0.338 e. The van der Waals surface area contributed by atoms with Crippen LogP contribution < -0.4 is 10.6 Å². The molecule has 1 aromatic carbocycles. The molecule has 0 spiro atoms. The van der Waals surface area contributed by atoms with Gasteiger partial charge in [-0.05, 0) is 50.7 Å². The van der Waals surface area contributed by atoms with Gasteiger partial charge in [0.05, 0.1) is 24.0 Å². The minimum absolute atomic E-state index is 0.189. The summed E-state index contributed by atoms with van der Waals surface area (Å²) < 4.78 is 7.31. The lowest BCUT2D eigenvalue weighted by molar-refractivity contribution is -0.143. The minimum atomic E-state index is -0.350. The lowest BCUT2D eigenvalue weighted by Crippen LogP contribution is -2.45. The number of esters is 1. The van der Waals surface area contributed by atoms with Gasteiger partial charge in [-0.3, -0.25) is 0 Å². The molecular formula is C18H20N4O2S. The molecule has 1 atom stereocenters. The van der Waals surface area contributed by atoms with Gasteiger partial charge >= 0.3 is 5.97 Å². The number of benzene rings is 1. The number of hydrogen-bond acceptors (Lipinski definition) is 4. The number of carbonyl (C=O) groups is 1. The van der Waals surface area contributed by atoms with Crippen molar-refractivity contribution in [2.45, 2.75) is 32.9 Å². The molecule has 0 saturated carbocycles. The Hall–Kier alpha value is -2.67. The van der Waals surface area contributed by atoms with E-state index in [1.54, 1.807) is 12.5 Å². The van der Waals surface area contributed by atoms with Crippen molar-refractivity contribution in [3.63, 3.8) is 0 Å². The number of nitrogens with one attached hydrogen (secondary N) is 2. The van der Waals surface area contributed by atoms with E-state index in [1.165, 1.54) is 0 Å². The Morgan fingerprint density at radius 3 is 2.64 bits per heavy atom. The van der Waals surface area contributed by atoms with Crippen LogP contribution in [0.25, 0.3) is 5.69 Å². The Morgan fingerprint density at radius 1 is 1.32 bits per heavy atom. The highest BCUT2D eigenvalue weighted by molar-refractivity contribution is 7.80. The molecule has 1 aliphatic rings. The number of thiocarbonyl (C=S) groups is 1. The summed E-state index contributed by atoms with van der Waals surface area (Å²) in [6.45, 7) is 5.49. The average molecular weight is 356 g/mol. The van der Waals surface area contributed by atoms with Crippen LogP contribution in [0.2, 0.25) is 0 Å². The van der Waals surface area contributed by atoms with E-state index in [0.717, 1.165) is 11.3 Å². The Morgan fingerprint density at radius 2 is 2.04 bits per heavy atom. The van der Waals surface area contributed by atoms with E-state index in [1.807, 2.05) is 55.8 Å². The second-order valence-electron chi connectivity index (χ2n) is 6.09. The van der Waals surface area contributed by atoms with Crippen LogP contribution in [0.3, 0.4) is 0 Å². The molecule has 6 nitrogen and oxygen atoms in total. The quantitative estimate of drug-likeness (QED) is 0.648. The first kappa shape index (κ1) is 17.2. The summed E-state index contributed by atoms with van der Waals surface area (Å²) in [5, 5.41) is 6.66. The summed E-state index contributed by atoms with van der Waals surface area (Å²) in [6.07, 6.45) is 5.16. The lowest BCUT2D eigenvalue weighted by atomic mass is 9.95. The largest absolute Gasteiger partial charge is 0.459 e. The van der Waals surface area contributed by atoms with Gasteiger partial charge in [0.25, 0.3) is 0 Å². The monoisotopic (exact) mass is 356 g/mol. The fourth-order valence-electron chi connectivity index (χ4n) is 2.74. The van der Waals surface area contributed by atoms with Crippen LogP contribution in [0.1, 0.15) is 32.4 Å². The zero-order valence-corrected chi connectivity index (χ0v) is 15.1. The van der Waals surface area contributed by atoms with Crippen molar-refractivity contribution in [3.8, 4) is 5.69 Å². The first-order chi connectivity index (χ1) is 12.0. The molecule has 0 fully saturated rings. The summed E-state index contributed by atoms with van der Waals surface area (Å²) >= 11 is 5.26. The third kappa shape index (κ3) is 3.71. The Balaban J connectivity index is 1.93. The molecule has 0 amide bonds. The normalized spacial score (nSPS) is 17.3. The van der Waals surface area contributed by atoms with Crippen molar-refractivity contribution in [1.29, 1.82) is 0 Å². The van der Waals surface area contributed by atoms with E-state index < -0.39 is 0 Å². The van der Waals surface area contributed by atoms with Gasteiger partial charge in [-0.15, -0.1) is 0 Å². The number of allylic oxidation sites excluding steroid dienone is 1. The SMILES string of the molecule is CC1=C(C(=O)OC(C)C)C(c2ccc(-n3ccnc3)cc2)NC(=S)N1. The zero-order chi connectivity index (χ0) is 18.0. The molecule has 0 bridgehead atoms. The molecule has 2 aromatic rings. The highest BCUT2D eigenvalue weighted by Crippen LogP contribution is 2.28. The number of rotatable bonds is 4. The van der Waals surface area contributed by atoms with Gasteiger partial charge in [0.1, 0.15) is 0 Å². The molecule has 2 heterocycles. The van der Waals surface area contributed by atoms with E-state index in [2.05, 4.69) is 15.6 Å². The van der Waals surface area contributed by atoms with E-state index in [4.69, 9.17) is 17.0 Å². The van der Waals surface area contributed by atoms with Crippen molar-refractivity contribution >= 4 is 23.3 Å². The Bertz CT molecular complexity index is 810. The van der Waals surface area contributed by atoms with E-state index in [-0.39, 0.29) is 18.1 Å². The maximum atomic E-state index is 12.5. The fourth-order valence-corrected chi connectivity index (χ4v) is 3.01. The highest BCUT2D eigenvalue weighted by Gasteiger charge is 2.31. The molecule has 1 aromatic heterocycles. The van der Waals surface area contributed by atoms with Crippen LogP contribution in [0.5, 0.6) is 0 Å². The number of nitrogens with zero attached hydrogens (tertiary/aromatic N) is 2. The van der Waals surface area contributed by atoms with Crippen LogP contribution in [0, 0.1) is 0 Å². The van der Waals surface area contributed by atoms with Crippen molar-refractivity contribution in [3.05, 3.63) is 59.8 Å². The molecule has 7 heteroatoms. The fraction of sp³-hybridized carbons (Fsp3) is 0.278. The second kappa shape index (κ2) is 7.06. The van der Waals surface area contributed by atoms with Crippen LogP contribution in [0.15, 0.2) is 54.3 Å². The predicted octanol–water partition coefficient (Wildman–Crippen LogP) is 2.62. The number of ether oxygens (including phenoxy) is 1. The maximum absolute atomic E-state index is 12.5. The standard InChI is InChI=1S/C18H20N4O2S/c1-11(2)24-17(23)15-12(3)20-18(25)21-16(15)13-4-6-14(7-5-13)22-9-8-19-10-22/h4-11,16H,1-3H3,(H2,20,21,25). The van der Waals surface area contributed by atoms with Crippen molar-refractivity contribution in [2.75, 3.05) is 0 Å². The van der Waals surface area contributed by atoms with E-state index in [0.29, 0.717) is 16.4 Å². The molecule has 25 heavy (non-hydrogen) atoms. The summed E-state index contributed by atoms with van der Waals surface area (Å²) in [5.74, 6) is -0.348. The van der Waals surface area contributed by atoms with Gasteiger partial charge in [-0.1, -0.05) is 12.1 Å². The average Bonchev–Trinajstić information content (AvgIpc) is 3.08. The minimum Gasteiger partial charge on any atom is -0.459 e. The molecule has 0 aliphatic carbocycles. The number of hydrogen-bond donors (Lipinski definition) is 2. The zero-order valence-electron chi connectivity index (χ0n) is 14.3. The lowest BCUT2D eigenvalue weighted by Gasteiger charge is -2.30. The van der Waals surface area contributed by atoms with Crippen LogP contribution >= 0.6 is 12.2 Å². The first-order valence-corrected chi connectivity index (χ1v) is 8.44. The Kier molecular flexibility index (Phi) is 4.85. The summed E-state index contributed by atoms with van der Waals surface area (Å²) in [4.78, 5) is 16.6.